The van der Waals surface area contributed by atoms with E-state index in [0.29, 0.717) is 32.9 Å². The molecule has 0 aliphatic carbocycles. The summed E-state index contributed by atoms with van der Waals surface area (Å²) in [5.74, 6) is -0.451. The number of nitrogens with two attached hydrogens (primary N) is 1. The summed E-state index contributed by atoms with van der Waals surface area (Å²) in [5.41, 5.74) is 7.20. The van der Waals surface area contributed by atoms with Crippen LogP contribution in [0.5, 0.6) is 0 Å². The Kier molecular flexibility index (Phi) is 3.99. The standard InChI is InChI=1S/C10H11BrClNO2/c1-3-15-10(14)8-5(2)7(13)4-6(11)9(8)12/h4H,3,13H2,1-2H3. The van der Waals surface area contributed by atoms with E-state index >= 15 is 0 Å². The average Bonchev–Trinajstić information content (AvgIpc) is 2.16. The Morgan fingerprint density at radius 3 is 2.80 bits per heavy atom. The zero-order valence-corrected chi connectivity index (χ0v) is 10.8. The van der Waals surface area contributed by atoms with Gasteiger partial charge in [0.05, 0.1) is 17.2 Å². The van der Waals surface area contributed by atoms with Crippen molar-refractivity contribution >= 4 is 39.2 Å². The third kappa shape index (κ3) is 2.44. The summed E-state index contributed by atoms with van der Waals surface area (Å²) in [6.07, 6.45) is 0. The molecule has 0 fully saturated rings. The maximum Gasteiger partial charge on any atom is 0.340 e. The monoisotopic (exact) mass is 291 g/mol. The molecule has 0 atom stereocenters. The minimum absolute atomic E-state index is 0.307. The minimum Gasteiger partial charge on any atom is -0.462 e. The van der Waals surface area contributed by atoms with Crippen LogP contribution < -0.4 is 5.73 Å². The second-order valence-electron chi connectivity index (χ2n) is 2.98. The summed E-state index contributed by atoms with van der Waals surface area (Å²) in [5, 5.41) is 0.333. The van der Waals surface area contributed by atoms with Crippen molar-refractivity contribution in [3.8, 4) is 0 Å². The van der Waals surface area contributed by atoms with E-state index in [2.05, 4.69) is 15.9 Å². The first-order chi connectivity index (χ1) is 6.99. The Balaban J connectivity index is 3.32. The van der Waals surface area contributed by atoms with Crippen LogP contribution in [0.15, 0.2) is 10.5 Å². The number of anilines is 1. The van der Waals surface area contributed by atoms with Crippen LogP contribution >= 0.6 is 27.5 Å². The summed E-state index contributed by atoms with van der Waals surface area (Å²) in [6.45, 7) is 3.78. The average molecular weight is 293 g/mol. The second kappa shape index (κ2) is 4.86. The smallest absolute Gasteiger partial charge is 0.340 e. The van der Waals surface area contributed by atoms with E-state index in [1.54, 1.807) is 19.9 Å². The highest BCUT2D eigenvalue weighted by molar-refractivity contribution is 9.10. The first-order valence-electron chi connectivity index (χ1n) is 4.40. The van der Waals surface area contributed by atoms with E-state index in [4.69, 9.17) is 22.1 Å². The molecule has 0 saturated carbocycles. The lowest BCUT2D eigenvalue weighted by Crippen LogP contribution is -2.09. The van der Waals surface area contributed by atoms with Crippen LogP contribution in [0.3, 0.4) is 0 Å². The fourth-order valence-electron chi connectivity index (χ4n) is 1.18. The molecule has 2 N–H and O–H groups in total. The number of ether oxygens (including phenoxy) is 1. The van der Waals surface area contributed by atoms with E-state index in [0.717, 1.165) is 0 Å². The zero-order chi connectivity index (χ0) is 11.6. The molecule has 0 aliphatic heterocycles. The summed E-state index contributed by atoms with van der Waals surface area (Å²) >= 11 is 9.23. The molecule has 5 heteroatoms. The predicted octanol–water partition coefficient (Wildman–Crippen LogP) is 3.17. The number of nitrogen functional groups attached to an aromatic ring is 1. The van der Waals surface area contributed by atoms with Crippen LogP contribution in [0.1, 0.15) is 22.8 Å². The SMILES string of the molecule is CCOC(=O)c1c(C)c(N)cc(Br)c1Cl. The van der Waals surface area contributed by atoms with Gasteiger partial charge in [0.15, 0.2) is 0 Å². The third-order valence-electron chi connectivity index (χ3n) is 2.00. The number of hydrogen-bond donors (Lipinski definition) is 1. The number of carbonyl (C=O) groups excluding carboxylic acids is 1. The molecule has 15 heavy (non-hydrogen) atoms. The third-order valence-corrected chi connectivity index (χ3v) is 3.25. The van der Waals surface area contributed by atoms with Gasteiger partial charge in [-0.15, -0.1) is 0 Å². The van der Waals surface area contributed by atoms with E-state index in [1.807, 2.05) is 0 Å². The highest BCUT2D eigenvalue weighted by Gasteiger charge is 2.18. The maximum absolute atomic E-state index is 11.6. The number of hydrogen-bond acceptors (Lipinski definition) is 3. The molecule has 0 saturated heterocycles. The Morgan fingerprint density at radius 2 is 2.27 bits per heavy atom. The van der Waals surface area contributed by atoms with Gasteiger partial charge in [-0.05, 0) is 41.4 Å². The van der Waals surface area contributed by atoms with Crippen molar-refractivity contribution < 1.29 is 9.53 Å². The van der Waals surface area contributed by atoms with Crippen molar-refractivity contribution in [3.63, 3.8) is 0 Å². The first kappa shape index (κ1) is 12.3. The normalized spacial score (nSPS) is 10.1. The van der Waals surface area contributed by atoms with Crippen LogP contribution in [0, 0.1) is 6.92 Å². The van der Waals surface area contributed by atoms with Gasteiger partial charge in [-0.3, -0.25) is 0 Å². The van der Waals surface area contributed by atoms with Crippen molar-refractivity contribution in [1.82, 2.24) is 0 Å². The Hall–Kier alpha value is -0.740. The molecule has 3 nitrogen and oxygen atoms in total. The van der Waals surface area contributed by atoms with Gasteiger partial charge in [-0.1, -0.05) is 11.6 Å². The Morgan fingerprint density at radius 1 is 1.67 bits per heavy atom. The molecule has 1 rings (SSSR count). The molecule has 0 radical (unpaired) electrons. The first-order valence-corrected chi connectivity index (χ1v) is 5.57. The highest BCUT2D eigenvalue weighted by atomic mass is 79.9. The van der Waals surface area contributed by atoms with Crippen LogP contribution in [0.4, 0.5) is 5.69 Å². The molecular formula is C10H11BrClNO2. The zero-order valence-electron chi connectivity index (χ0n) is 8.43. The lowest BCUT2D eigenvalue weighted by Gasteiger charge is -2.11. The topological polar surface area (TPSA) is 52.3 Å². The highest BCUT2D eigenvalue weighted by Crippen LogP contribution is 2.33. The van der Waals surface area contributed by atoms with Crippen molar-refractivity contribution in [1.29, 1.82) is 0 Å². The Labute approximate surface area is 102 Å². The van der Waals surface area contributed by atoms with Gasteiger partial charge in [0.1, 0.15) is 0 Å². The van der Waals surface area contributed by atoms with E-state index < -0.39 is 5.97 Å². The largest absolute Gasteiger partial charge is 0.462 e. The predicted molar refractivity (Wildman–Crippen MR) is 64.3 cm³/mol. The lowest BCUT2D eigenvalue weighted by atomic mass is 10.1. The Bertz CT molecular complexity index is 381. The van der Waals surface area contributed by atoms with Gasteiger partial charge in [-0.25, -0.2) is 4.79 Å². The summed E-state index contributed by atoms with van der Waals surface area (Å²) < 4.78 is 5.49. The van der Waals surface area contributed by atoms with Gasteiger partial charge in [-0.2, -0.15) is 0 Å². The van der Waals surface area contributed by atoms with E-state index in [-0.39, 0.29) is 0 Å². The molecule has 0 unspecified atom stereocenters. The minimum atomic E-state index is -0.451. The van der Waals surface area contributed by atoms with Crippen molar-refractivity contribution in [2.24, 2.45) is 0 Å². The van der Waals surface area contributed by atoms with Gasteiger partial charge < -0.3 is 10.5 Å². The quantitative estimate of drug-likeness (QED) is 0.673. The number of benzene rings is 1. The molecular weight excluding hydrogens is 281 g/mol. The molecule has 1 aromatic rings. The summed E-state index contributed by atoms with van der Waals surface area (Å²) in [7, 11) is 0. The maximum atomic E-state index is 11.6. The molecule has 82 valence electrons. The fraction of sp³-hybridized carbons (Fsp3) is 0.300. The van der Waals surface area contributed by atoms with Crippen molar-refractivity contribution in [3.05, 3.63) is 26.7 Å². The molecule has 0 aliphatic rings. The summed E-state index contributed by atoms with van der Waals surface area (Å²) in [6, 6.07) is 1.67. The lowest BCUT2D eigenvalue weighted by molar-refractivity contribution is 0.0525. The number of halogens is 2. The number of esters is 1. The van der Waals surface area contributed by atoms with Crippen LogP contribution in [-0.4, -0.2) is 12.6 Å². The summed E-state index contributed by atoms with van der Waals surface area (Å²) in [4.78, 5) is 11.6. The number of rotatable bonds is 2. The van der Waals surface area contributed by atoms with Crippen molar-refractivity contribution in [2.45, 2.75) is 13.8 Å². The molecule has 0 amide bonds. The van der Waals surface area contributed by atoms with Crippen molar-refractivity contribution in [2.75, 3.05) is 12.3 Å². The molecule has 1 aromatic carbocycles. The van der Waals surface area contributed by atoms with Crippen LogP contribution in [-0.2, 0) is 4.74 Å². The number of carbonyl (C=O) groups is 1. The van der Waals surface area contributed by atoms with Crippen LogP contribution in [0.2, 0.25) is 5.02 Å². The molecule has 0 bridgehead atoms. The van der Waals surface area contributed by atoms with E-state index in [1.165, 1.54) is 0 Å². The molecule has 0 aromatic heterocycles. The fourth-order valence-corrected chi connectivity index (χ4v) is 1.90. The molecule has 0 heterocycles. The molecule has 0 spiro atoms. The van der Waals surface area contributed by atoms with Crippen LogP contribution in [0.25, 0.3) is 0 Å². The van der Waals surface area contributed by atoms with E-state index in [9.17, 15) is 4.79 Å². The van der Waals surface area contributed by atoms with Gasteiger partial charge in [0.25, 0.3) is 0 Å². The van der Waals surface area contributed by atoms with Gasteiger partial charge >= 0.3 is 5.97 Å². The van der Waals surface area contributed by atoms with Gasteiger partial charge in [0.2, 0.25) is 0 Å². The van der Waals surface area contributed by atoms with Gasteiger partial charge in [0, 0.05) is 10.2 Å². The second-order valence-corrected chi connectivity index (χ2v) is 4.21.